The number of piperidine rings is 1. The lowest BCUT2D eigenvalue weighted by Gasteiger charge is -2.45. The van der Waals surface area contributed by atoms with Crippen LogP contribution in [0.3, 0.4) is 0 Å². The SMILES string of the molecule is O=C1CO[C@H]2CCN(C(=O)N3CC(C#Cc4ccc(Cl)cc4Cl)C3)C[C@H]2C1. The highest BCUT2D eigenvalue weighted by molar-refractivity contribution is 6.35. The van der Waals surface area contributed by atoms with Crippen molar-refractivity contribution < 1.29 is 14.3 Å². The number of Topliss-reactive ketones (excluding diaryl/α,β-unsaturated/α-hetero) is 1. The van der Waals surface area contributed by atoms with E-state index in [0.29, 0.717) is 42.6 Å². The van der Waals surface area contributed by atoms with E-state index in [1.54, 1.807) is 18.2 Å². The van der Waals surface area contributed by atoms with Gasteiger partial charge in [-0.25, -0.2) is 4.79 Å². The maximum absolute atomic E-state index is 12.7. The largest absolute Gasteiger partial charge is 0.370 e. The lowest BCUT2D eigenvalue weighted by molar-refractivity contribution is -0.140. The molecule has 3 heterocycles. The van der Waals surface area contributed by atoms with Crippen LogP contribution in [-0.2, 0) is 9.53 Å². The van der Waals surface area contributed by atoms with Gasteiger partial charge in [-0.05, 0) is 24.6 Å². The number of fused-ring (bicyclic) bond motifs is 1. The average Bonchev–Trinajstić information content (AvgIpc) is 2.61. The van der Waals surface area contributed by atoms with Crippen LogP contribution in [0, 0.1) is 23.7 Å². The van der Waals surface area contributed by atoms with Gasteiger partial charge in [-0.2, -0.15) is 0 Å². The van der Waals surface area contributed by atoms with Crippen LogP contribution in [0.4, 0.5) is 4.79 Å². The van der Waals surface area contributed by atoms with E-state index in [4.69, 9.17) is 27.9 Å². The molecule has 0 radical (unpaired) electrons. The van der Waals surface area contributed by atoms with Gasteiger partial charge in [0.1, 0.15) is 6.61 Å². The van der Waals surface area contributed by atoms with E-state index >= 15 is 0 Å². The number of hydrogen-bond donors (Lipinski definition) is 0. The van der Waals surface area contributed by atoms with Crippen molar-refractivity contribution in [3.8, 4) is 11.8 Å². The summed E-state index contributed by atoms with van der Waals surface area (Å²) in [5.41, 5.74) is 0.745. The lowest BCUT2D eigenvalue weighted by Crippen LogP contribution is -2.58. The summed E-state index contributed by atoms with van der Waals surface area (Å²) in [7, 11) is 0. The monoisotopic (exact) mass is 406 g/mol. The molecule has 0 bridgehead atoms. The minimum atomic E-state index is 0.0362. The zero-order valence-electron chi connectivity index (χ0n) is 14.8. The van der Waals surface area contributed by atoms with Gasteiger partial charge in [-0.1, -0.05) is 35.0 Å². The minimum absolute atomic E-state index is 0.0362. The number of benzene rings is 1. The smallest absolute Gasteiger partial charge is 0.320 e. The number of amides is 2. The molecule has 3 saturated heterocycles. The van der Waals surface area contributed by atoms with E-state index in [1.807, 2.05) is 9.80 Å². The van der Waals surface area contributed by atoms with Gasteiger partial charge in [0.05, 0.1) is 17.0 Å². The maximum Gasteiger partial charge on any atom is 0.320 e. The molecule has 0 saturated carbocycles. The molecule has 1 aromatic carbocycles. The third-order valence-electron chi connectivity index (χ3n) is 5.38. The summed E-state index contributed by atoms with van der Waals surface area (Å²) in [6.07, 6.45) is 1.44. The molecule has 5 nitrogen and oxygen atoms in total. The molecule has 0 aromatic heterocycles. The Labute approximate surface area is 168 Å². The van der Waals surface area contributed by atoms with Gasteiger partial charge in [0.25, 0.3) is 0 Å². The first-order valence-corrected chi connectivity index (χ1v) is 9.89. The Hall–Kier alpha value is -1.74. The van der Waals surface area contributed by atoms with Crippen LogP contribution in [-0.4, -0.2) is 60.5 Å². The molecule has 0 aliphatic carbocycles. The molecule has 0 spiro atoms. The van der Waals surface area contributed by atoms with Crippen molar-refractivity contribution in [2.24, 2.45) is 11.8 Å². The number of carbonyl (C=O) groups excluding carboxylic acids is 2. The van der Waals surface area contributed by atoms with Gasteiger partial charge in [0, 0.05) is 49.1 Å². The molecular weight excluding hydrogens is 387 g/mol. The number of ketones is 1. The third-order valence-corrected chi connectivity index (χ3v) is 5.92. The number of nitrogens with zero attached hydrogens (tertiary/aromatic N) is 2. The summed E-state index contributed by atoms with van der Waals surface area (Å²) in [5.74, 6) is 6.67. The van der Waals surface area contributed by atoms with Crippen LogP contribution in [0.25, 0.3) is 0 Å². The number of ether oxygens (including phenoxy) is 1. The van der Waals surface area contributed by atoms with Gasteiger partial charge in [0.15, 0.2) is 5.78 Å². The second kappa shape index (κ2) is 7.71. The lowest BCUT2D eigenvalue weighted by atomic mass is 9.88. The topological polar surface area (TPSA) is 49.9 Å². The van der Waals surface area contributed by atoms with Gasteiger partial charge in [-0.3, -0.25) is 4.79 Å². The molecule has 7 heteroatoms. The summed E-state index contributed by atoms with van der Waals surface area (Å²) in [6.45, 7) is 2.75. The van der Waals surface area contributed by atoms with Crippen molar-refractivity contribution in [2.75, 3.05) is 32.8 Å². The number of hydrogen-bond acceptors (Lipinski definition) is 3. The molecule has 4 rings (SSSR count). The van der Waals surface area contributed by atoms with Crippen LogP contribution < -0.4 is 0 Å². The zero-order valence-corrected chi connectivity index (χ0v) is 16.3. The Morgan fingerprint density at radius 1 is 1.19 bits per heavy atom. The van der Waals surface area contributed by atoms with E-state index in [9.17, 15) is 9.59 Å². The van der Waals surface area contributed by atoms with Crippen LogP contribution >= 0.6 is 23.2 Å². The molecule has 27 heavy (non-hydrogen) atoms. The van der Waals surface area contributed by atoms with Crippen LogP contribution in [0.2, 0.25) is 10.0 Å². The minimum Gasteiger partial charge on any atom is -0.370 e. The number of urea groups is 1. The molecular formula is C20H20Cl2N2O3. The van der Waals surface area contributed by atoms with Gasteiger partial charge in [0.2, 0.25) is 0 Å². The van der Waals surface area contributed by atoms with Gasteiger partial charge in [-0.15, -0.1) is 0 Å². The summed E-state index contributed by atoms with van der Waals surface area (Å²) in [6, 6.07) is 5.27. The maximum atomic E-state index is 12.7. The Bertz CT molecular complexity index is 826. The summed E-state index contributed by atoms with van der Waals surface area (Å²) in [5, 5.41) is 1.12. The van der Waals surface area contributed by atoms with E-state index in [1.165, 1.54) is 0 Å². The van der Waals surface area contributed by atoms with Crippen molar-refractivity contribution in [1.29, 1.82) is 0 Å². The van der Waals surface area contributed by atoms with Crippen LogP contribution in [0.15, 0.2) is 18.2 Å². The molecule has 2 atom stereocenters. The first-order chi connectivity index (χ1) is 13.0. The summed E-state index contributed by atoms with van der Waals surface area (Å²) < 4.78 is 5.59. The number of carbonyl (C=O) groups is 2. The first kappa shape index (κ1) is 18.6. The summed E-state index contributed by atoms with van der Waals surface area (Å²) in [4.78, 5) is 28.0. The molecule has 3 aliphatic rings. The van der Waals surface area contributed by atoms with Crippen molar-refractivity contribution in [1.82, 2.24) is 9.80 Å². The summed E-state index contributed by atoms with van der Waals surface area (Å²) >= 11 is 12.0. The van der Waals surface area contributed by atoms with Crippen molar-refractivity contribution >= 4 is 35.0 Å². The first-order valence-electron chi connectivity index (χ1n) is 9.13. The van der Waals surface area contributed by atoms with E-state index in [-0.39, 0.29) is 36.4 Å². The second-order valence-corrected chi connectivity index (χ2v) is 8.21. The van der Waals surface area contributed by atoms with E-state index < -0.39 is 0 Å². The average molecular weight is 407 g/mol. The molecule has 3 fully saturated rings. The number of likely N-dealkylation sites (tertiary alicyclic amines) is 2. The Kier molecular flexibility index (Phi) is 5.32. The van der Waals surface area contributed by atoms with Crippen molar-refractivity contribution in [2.45, 2.75) is 18.9 Å². The fraction of sp³-hybridized carbons (Fsp3) is 0.500. The van der Waals surface area contributed by atoms with Crippen LogP contribution in [0.1, 0.15) is 18.4 Å². The third kappa shape index (κ3) is 4.08. The Morgan fingerprint density at radius 3 is 2.78 bits per heavy atom. The second-order valence-electron chi connectivity index (χ2n) is 7.37. The van der Waals surface area contributed by atoms with E-state index in [0.717, 1.165) is 12.0 Å². The Balaban J connectivity index is 1.30. The predicted molar refractivity (Wildman–Crippen MR) is 103 cm³/mol. The van der Waals surface area contributed by atoms with Gasteiger partial charge < -0.3 is 14.5 Å². The Morgan fingerprint density at radius 2 is 2.00 bits per heavy atom. The highest BCUT2D eigenvalue weighted by atomic mass is 35.5. The van der Waals surface area contributed by atoms with Crippen molar-refractivity contribution in [3.63, 3.8) is 0 Å². The highest BCUT2D eigenvalue weighted by Crippen LogP contribution is 2.29. The predicted octanol–water partition coefficient (Wildman–Crippen LogP) is 3.08. The zero-order chi connectivity index (χ0) is 19.0. The molecule has 142 valence electrons. The van der Waals surface area contributed by atoms with Gasteiger partial charge >= 0.3 is 6.03 Å². The number of halogens is 2. The molecule has 1 aromatic rings. The number of rotatable bonds is 0. The normalized spacial score (nSPS) is 25.3. The quantitative estimate of drug-likeness (QED) is 0.622. The van der Waals surface area contributed by atoms with Crippen molar-refractivity contribution in [3.05, 3.63) is 33.8 Å². The standard InChI is InChI=1S/C20H20Cl2N2O3/c21-16-4-3-14(18(22)8-16)2-1-13-9-24(10-13)20(26)23-6-5-19-15(11-23)7-17(25)12-27-19/h3-4,8,13,15,19H,5-7,9-12H2/t15-,19+/m1/s1. The highest BCUT2D eigenvalue weighted by Gasteiger charge is 2.39. The fourth-order valence-corrected chi connectivity index (χ4v) is 4.30. The molecule has 3 aliphatic heterocycles. The molecule has 0 N–H and O–H groups in total. The molecule has 2 amide bonds. The fourth-order valence-electron chi connectivity index (χ4n) is 3.85. The van der Waals surface area contributed by atoms with Crippen LogP contribution in [0.5, 0.6) is 0 Å². The van der Waals surface area contributed by atoms with E-state index in [2.05, 4.69) is 11.8 Å². The molecule has 0 unspecified atom stereocenters.